The molecular weight excluding hydrogens is 288 g/mol. The van der Waals surface area contributed by atoms with E-state index in [1.165, 1.54) is 0 Å². The van der Waals surface area contributed by atoms with Crippen LogP contribution in [0, 0.1) is 0 Å². The number of carbonyl (C=O) groups excluding carboxylic acids is 1. The summed E-state index contributed by atoms with van der Waals surface area (Å²) in [7, 11) is 0. The summed E-state index contributed by atoms with van der Waals surface area (Å²) in [5, 5.41) is 6.06. The zero-order valence-corrected chi connectivity index (χ0v) is 12.7. The van der Waals surface area contributed by atoms with E-state index in [4.69, 9.17) is 0 Å². The molecule has 0 fully saturated rings. The molecule has 0 saturated heterocycles. The Morgan fingerprint density at radius 3 is 3.00 bits per heavy atom. The first-order valence-electron chi connectivity index (χ1n) is 6.46. The first-order valence-corrected chi connectivity index (χ1v) is 8.16. The van der Waals surface area contributed by atoms with Crippen LogP contribution in [-0.2, 0) is 17.6 Å². The van der Waals surface area contributed by atoms with E-state index in [2.05, 4.69) is 17.2 Å². The topological polar surface area (TPSA) is 42.0 Å². The highest BCUT2D eigenvalue weighted by Gasteiger charge is 2.07. The van der Waals surface area contributed by atoms with Crippen molar-refractivity contribution in [2.45, 2.75) is 19.8 Å². The predicted molar refractivity (Wildman–Crippen MR) is 85.7 cm³/mol. The lowest BCUT2D eigenvalue weighted by Crippen LogP contribution is -2.13. The number of aryl methyl sites for hydroxylation is 1. The molecule has 0 aliphatic rings. The van der Waals surface area contributed by atoms with Crippen molar-refractivity contribution >= 4 is 44.5 Å². The van der Waals surface area contributed by atoms with Crippen molar-refractivity contribution in [1.82, 2.24) is 4.98 Å². The van der Waals surface area contributed by atoms with Crippen LogP contribution in [0.15, 0.2) is 35.7 Å². The SMILES string of the molecule is CCc1nc2ccc(NC(=O)Cc3cccs3)cc2s1. The van der Waals surface area contributed by atoms with Crippen LogP contribution in [0.1, 0.15) is 16.8 Å². The van der Waals surface area contributed by atoms with Gasteiger partial charge in [-0.2, -0.15) is 0 Å². The van der Waals surface area contributed by atoms with Gasteiger partial charge in [0.25, 0.3) is 0 Å². The summed E-state index contributed by atoms with van der Waals surface area (Å²) in [6.45, 7) is 2.10. The number of rotatable bonds is 4. The normalized spacial score (nSPS) is 10.8. The molecule has 0 radical (unpaired) electrons. The van der Waals surface area contributed by atoms with E-state index in [0.29, 0.717) is 6.42 Å². The first-order chi connectivity index (χ1) is 9.74. The molecule has 3 rings (SSSR count). The molecule has 20 heavy (non-hydrogen) atoms. The van der Waals surface area contributed by atoms with Gasteiger partial charge in [0.15, 0.2) is 0 Å². The number of fused-ring (bicyclic) bond motifs is 1. The summed E-state index contributed by atoms with van der Waals surface area (Å²) in [5.74, 6) is 0.0204. The van der Waals surface area contributed by atoms with Crippen LogP contribution >= 0.6 is 22.7 Å². The maximum absolute atomic E-state index is 12.0. The van der Waals surface area contributed by atoms with Gasteiger partial charge in [-0.1, -0.05) is 13.0 Å². The maximum Gasteiger partial charge on any atom is 0.229 e. The Bertz CT molecular complexity index is 732. The van der Waals surface area contributed by atoms with Gasteiger partial charge in [0, 0.05) is 10.6 Å². The molecule has 5 heteroatoms. The summed E-state index contributed by atoms with van der Waals surface area (Å²) in [5.41, 5.74) is 1.84. The van der Waals surface area contributed by atoms with Gasteiger partial charge in [0.05, 0.1) is 21.6 Å². The zero-order valence-electron chi connectivity index (χ0n) is 11.1. The minimum atomic E-state index is 0.0204. The second-order valence-electron chi connectivity index (χ2n) is 4.45. The standard InChI is InChI=1S/C15H14N2OS2/c1-2-15-17-12-6-5-10(8-13(12)20-15)16-14(18)9-11-4-3-7-19-11/h3-8H,2,9H2,1H3,(H,16,18). The van der Waals surface area contributed by atoms with E-state index in [1.54, 1.807) is 22.7 Å². The van der Waals surface area contributed by atoms with Crippen molar-refractivity contribution in [3.8, 4) is 0 Å². The van der Waals surface area contributed by atoms with E-state index in [0.717, 1.165) is 32.2 Å². The van der Waals surface area contributed by atoms with Crippen LogP contribution in [0.5, 0.6) is 0 Å². The molecule has 0 atom stereocenters. The van der Waals surface area contributed by atoms with E-state index < -0.39 is 0 Å². The van der Waals surface area contributed by atoms with Gasteiger partial charge < -0.3 is 5.32 Å². The minimum absolute atomic E-state index is 0.0204. The van der Waals surface area contributed by atoms with Crippen molar-refractivity contribution in [3.63, 3.8) is 0 Å². The fraction of sp³-hybridized carbons (Fsp3) is 0.200. The molecule has 3 aromatic rings. The summed E-state index contributed by atoms with van der Waals surface area (Å²) >= 11 is 3.29. The Kier molecular flexibility index (Phi) is 3.80. The van der Waals surface area contributed by atoms with Crippen molar-refractivity contribution in [3.05, 3.63) is 45.6 Å². The van der Waals surface area contributed by atoms with Gasteiger partial charge in [-0.3, -0.25) is 4.79 Å². The maximum atomic E-state index is 12.0. The molecule has 1 aromatic carbocycles. The number of amides is 1. The zero-order chi connectivity index (χ0) is 13.9. The Morgan fingerprint density at radius 2 is 2.25 bits per heavy atom. The molecular formula is C15H14N2OS2. The lowest BCUT2D eigenvalue weighted by atomic mass is 10.2. The number of aromatic nitrogens is 1. The average molecular weight is 302 g/mol. The van der Waals surface area contributed by atoms with Gasteiger partial charge in [-0.25, -0.2) is 4.98 Å². The fourth-order valence-electron chi connectivity index (χ4n) is 1.98. The monoisotopic (exact) mass is 302 g/mol. The lowest BCUT2D eigenvalue weighted by molar-refractivity contribution is -0.115. The molecule has 1 N–H and O–H groups in total. The molecule has 0 saturated carbocycles. The first kappa shape index (κ1) is 13.3. The van der Waals surface area contributed by atoms with E-state index in [-0.39, 0.29) is 5.91 Å². The van der Waals surface area contributed by atoms with E-state index >= 15 is 0 Å². The van der Waals surface area contributed by atoms with E-state index in [1.807, 2.05) is 35.7 Å². The summed E-state index contributed by atoms with van der Waals surface area (Å²) in [4.78, 5) is 17.6. The fourth-order valence-corrected chi connectivity index (χ4v) is 3.63. The molecule has 0 aliphatic heterocycles. The number of benzene rings is 1. The summed E-state index contributed by atoms with van der Waals surface area (Å²) < 4.78 is 1.12. The number of carbonyl (C=O) groups is 1. The van der Waals surface area contributed by atoms with Gasteiger partial charge in [-0.05, 0) is 36.1 Å². The molecule has 102 valence electrons. The van der Waals surface area contributed by atoms with Crippen LogP contribution in [0.3, 0.4) is 0 Å². The molecule has 3 nitrogen and oxygen atoms in total. The number of hydrogen-bond donors (Lipinski definition) is 1. The predicted octanol–water partition coefficient (Wildman–Crippen LogP) is 4.10. The van der Waals surface area contributed by atoms with Crippen LogP contribution < -0.4 is 5.32 Å². The lowest BCUT2D eigenvalue weighted by Gasteiger charge is -2.03. The number of thiazole rings is 1. The van der Waals surface area contributed by atoms with Gasteiger partial charge in [-0.15, -0.1) is 22.7 Å². The third-order valence-corrected chi connectivity index (χ3v) is 4.97. The van der Waals surface area contributed by atoms with Gasteiger partial charge >= 0.3 is 0 Å². The number of thiophene rings is 1. The molecule has 0 bridgehead atoms. The highest BCUT2D eigenvalue weighted by atomic mass is 32.1. The average Bonchev–Trinajstić information content (AvgIpc) is 3.06. The summed E-state index contributed by atoms with van der Waals surface area (Å²) in [6.07, 6.45) is 1.37. The molecule has 2 heterocycles. The second kappa shape index (κ2) is 5.73. The smallest absolute Gasteiger partial charge is 0.229 e. The highest BCUT2D eigenvalue weighted by Crippen LogP contribution is 2.25. The number of nitrogens with zero attached hydrogens (tertiary/aromatic N) is 1. The second-order valence-corrected chi connectivity index (χ2v) is 6.60. The van der Waals surface area contributed by atoms with Gasteiger partial charge in [0.2, 0.25) is 5.91 Å². The minimum Gasteiger partial charge on any atom is -0.326 e. The van der Waals surface area contributed by atoms with Crippen LogP contribution in [0.4, 0.5) is 5.69 Å². The third-order valence-electron chi connectivity index (χ3n) is 2.93. The number of hydrogen-bond acceptors (Lipinski definition) is 4. The van der Waals surface area contributed by atoms with Gasteiger partial charge in [0.1, 0.15) is 0 Å². The molecule has 2 aromatic heterocycles. The highest BCUT2D eigenvalue weighted by molar-refractivity contribution is 7.18. The number of anilines is 1. The Hall–Kier alpha value is -1.72. The Morgan fingerprint density at radius 1 is 1.35 bits per heavy atom. The van der Waals surface area contributed by atoms with Crippen LogP contribution in [0.25, 0.3) is 10.2 Å². The van der Waals surface area contributed by atoms with E-state index in [9.17, 15) is 4.79 Å². The van der Waals surface area contributed by atoms with Crippen LogP contribution in [0.2, 0.25) is 0 Å². The number of nitrogens with one attached hydrogen (secondary N) is 1. The molecule has 0 spiro atoms. The summed E-state index contributed by atoms with van der Waals surface area (Å²) in [6, 6.07) is 9.81. The van der Waals surface area contributed by atoms with Crippen molar-refractivity contribution < 1.29 is 4.79 Å². The molecule has 0 unspecified atom stereocenters. The quantitative estimate of drug-likeness (QED) is 0.788. The van der Waals surface area contributed by atoms with Crippen LogP contribution in [-0.4, -0.2) is 10.9 Å². The van der Waals surface area contributed by atoms with Crippen molar-refractivity contribution in [2.24, 2.45) is 0 Å². The van der Waals surface area contributed by atoms with Crippen molar-refractivity contribution in [2.75, 3.05) is 5.32 Å². The largest absolute Gasteiger partial charge is 0.326 e. The van der Waals surface area contributed by atoms with Crippen molar-refractivity contribution in [1.29, 1.82) is 0 Å². The Balaban J connectivity index is 1.75. The molecule has 1 amide bonds. The Labute approximate surface area is 125 Å². The molecule has 0 aliphatic carbocycles. The third kappa shape index (κ3) is 2.89.